The molecule has 1 amide bonds. The number of esters is 1. The first-order chi connectivity index (χ1) is 11.5. The first kappa shape index (κ1) is 18.3. The largest absolute Gasteiger partial charge is 0.497 e. The maximum absolute atomic E-state index is 11.8. The number of carbonyl (C=O) groups is 2. The van der Waals surface area contributed by atoms with Gasteiger partial charge < -0.3 is 14.8 Å². The van der Waals surface area contributed by atoms with Gasteiger partial charge in [-0.2, -0.15) is 0 Å². The number of anilines is 1. The van der Waals surface area contributed by atoms with E-state index < -0.39 is 11.9 Å². The van der Waals surface area contributed by atoms with Crippen molar-refractivity contribution in [2.24, 2.45) is 0 Å². The van der Waals surface area contributed by atoms with Gasteiger partial charge in [0.15, 0.2) is 6.61 Å². The highest BCUT2D eigenvalue weighted by molar-refractivity contribution is 9.10. The molecule has 0 aliphatic carbocycles. The molecule has 7 heteroatoms. The highest BCUT2D eigenvalue weighted by atomic mass is 79.9. The van der Waals surface area contributed by atoms with Gasteiger partial charge >= 0.3 is 5.97 Å². The van der Waals surface area contributed by atoms with E-state index in [4.69, 9.17) is 21.1 Å². The van der Waals surface area contributed by atoms with Crippen LogP contribution in [0, 0.1) is 0 Å². The Kier molecular flexibility index (Phi) is 6.63. The zero-order valence-electron chi connectivity index (χ0n) is 12.8. The number of nitrogens with one attached hydrogen (secondary N) is 1. The molecule has 0 saturated carbocycles. The minimum Gasteiger partial charge on any atom is -0.497 e. The van der Waals surface area contributed by atoms with E-state index in [0.717, 1.165) is 10.0 Å². The number of hydrogen-bond acceptors (Lipinski definition) is 4. The normalized spacial score (nSPS) is 10.1. The first-order valence-electron chi connectivity index (χ1n) is 7.01. The van der Waals surface area contributed by atoms with E-state index >= 15 is 0 Å². The van der Waals surface area contributed by atoms with Gasteiger partial charge in [-0.3, -0.25) is 9.59 Å². The van der Waals surface area contributed by atoms with Crippen molar-refractivity contribution in [2.45, 2.75) is 6.42 Å². The van der Waals surface area contributed by atoms with E-state index in [2.05, 4.69) is 21.2 Å². The maximum Gasteiger partial charge on any atom is 0.310 e. The number of hydrogen-bond donors (Lipinski definition) is 1. The van der Waals surface area contributed by atoms with Crippen LogP contribution in [0.15, 0.2) is 46.9 Å². The van der Waals surface area contributed by atoms with Crippen molar-refractivity contribution >= 4 is 45.1 Å². The Morgan fingerprint density at radius 1 is 1.17 bits per heavy atom. The molecule has 0 unspecified atom stereocenters. The molecule has 5 nitrogen and oxygen atoms in total. The molecule has 0 radical (unpaired) electrons. The molecular formula is C17H15BrClNO4. The molecule has 0 aliphatic heterocycles. The zero-order valence-corrected chi connectivity index (χ0v) is 15.2. The summed E-state index contributed by atoms with van der Waals surface area (Å²) >= 11 is 9.21. The van der Waals surface area contributed by atoms with Crippen molar-refractivity contribution in [1.29, 1.82) is 0 Å². The molecule has 0 heterocycles. The van der Waals surface area contributed by atoms with Crippen molar-refractivity contribution in [2.75, 3.05) is 19.0 Å². The van der Waals surface area contributed by atoms with Crippen LogP contribution in [0.4, 0.5) is 5.69 Å². The van der Waals surface area contributed by atoms with Crippen LogP contribution >= 0.6 is 27.5 Å². The van der Waals surface area contributed by atoms with E-state index in [1.807, 2.05) is 0 Å². The molecule has 2 aromatic carbocycles. The van der Waals surface area contributed by atoms with Crippen LogP contribution in [0.2, 0.25) is 5.02 Å². The van der Waals surface area contributed by atoms with Crippen LogP contribution in [0.25, 0.3) is 0 Å². The van der Waals surface area contributed by atoms with E-state index in [1.54, 1.807) is 49.6 Å². The zero-order chi connectivity index (χ0) is 17.5. The van der Waals surface area contributed by atoms with Crippen molar-refractivity contribution in [1.82, 2.24) is 0 Å². The third kappa shape index (κ3) is 5.54. The summed E-state index contributed by atoms with van der Waals surface area (Å²) < 4.78 is 10.7. The summed E-state index contributed by atoms with van der Waals surface area (Å²) in [5.41, 5.74) is 1.31. The minimum absolute atomic E-state index is 0.0847. The monoisotopic (exact) mass is 411 g/mol. The van der Waals surface area contributed by atoms with E-state index in [0.29, 0.717) is 16.5 Å². The van der Waals surface area contributed by atoms with Gasteiger partial charge in [-0.05, 0) is 51.8 Å². The Bertz CT molecular complexity index is 734. The summed E-state index contributed by atoms with van der Waals surface area (Å²) in [5.74, 6) is -0.208. The van der Waals surface area contributed by atoms with Gasteiger partial charge in [0.05, 0.1) is 18.6 Å². The van der Waals surface area contributed by atoms with Gasteiger partial charge in [0.25, 0.3) is 5.91 Å². The van der Waals surface area contributed by atoms with E-state index in [1.165, 1.54) is 0 Å². The Hall–Kier alpha value is -2.05. The lowest BCUT2D eigenvalue weighted by molar-refractivity contribution is -0.146. The highest BCUT2D eigenvalue weighted by Gasteiger charge is 2.10. The molecule has 0 fully saturated rings. The SMILES string of the molecule is COc1ccc(CC(=O)OCC(=O)Nc2ccc(Br)c(Cl)c2)cc1. The van der Waals surface area contributed by atoms with Gasteiger partial charge in [0, 0.05) is 10.2 Å². The topological polar surface area (TPSA) is 64.6 Å². The number of ether oxygens (including phenoxy) is 2. The quantitative estimate of drug-likeness (QED) is 0.732. The van der Waals surface area contributed by atoms with Gasteiger partial charge in [-0.25, -0.2) is 0 Å². The second-order valence-corrected chi connectivity index (χ2v) is 6.12. The number of benzene rings is 2. The number of methoxy groups -OCH3 is 1. The second-order valence-electron chi connectivity index (χ2n) is 4.86. The Morgan fingerprint density at radius 2 is 1.88 bits per heavy atom. The summed E-state index contributed by atoms with van der Waals surface area (Å²) in [6.07, 6.45) is 0.0847. The molecule has 2 aromatic rings. The number of halogens is 2. The maximum atomic E-state index is 11.8. The smallest absolute Gasteiger partial charge is 0.310 e. The van der Waals surface area contributed by atoms with Crippen LogP contribution in [-0.4, -0.2) is 25.6 Å². The number of amides is 1. The van der Waals surface area contributed by atoms with E-state index in [-0.39, 0.29) is 13.0 Å². The average Bonchev–Trinajstić information content (AvgIpc) is 2.57. The molecule has 1 N–H and O–H groups in total. The summed E-state index contributed by atoms with van der Waals surface area (Å²) in [7, 11) is 1.57. The first-order valence-corrected chi connectivity index (χ1v) is 8.18. The molecule has 0 saturated heterocycles. The number of carbonyl (C=O) groups excluding carboxylic acids is 2. The fraction of sp³-hybridized carbons (Fsp3) is 0.176. The van der Waals surface area contributed by atoms with Crippen LogP contribution in [0.1, 0.15) is 5.56 Å². The average molecular weight is 413 g/mol. The standard InChI is InChI=1S/C17H15BrClNO4/c1-23-13-5-2-11(3-6-13)8-17(22)24-10-16(21)20-12-4-7-14(18)15(19)9-12/h2-7,9H,8,10H2,1H3,(H,20,21). The predicted octanol–water partition coefficient (Wildman–Crippen LogP) is 3.84. The third-order valence-electron chi connectivity index (χ3n) is 3.08. The van der Waals surface area contributed by atoms with Gasteiger partial charge in [-0.15, -0.1) is 0 Å². The molecular weight excluding hydrogens is 398 g/mol. The van der Waals surface area contributed by atoms with Gasteiger partial charge in [0.2, 0.25) is 0 Å². The summed E-state index contributed by atoms with van der Waals surface area (Å²) in [4.78, 5) is 23.6. The fourth-order valence-electron chi connectivity index (χ4n) is 1.88. The van der Waals surface area contributed by atoms with Gasteiger partial charge in [0.1, 0.15) is 5.75 Å². The van der Waals surface area contributed by atoms with Crippen molar-refractivity contribution < 1.29 is 19.1 Å². The Balaban J connectivity index is 1.79. The van der Waals surface area contributed by atoms with Crippen molar-refractivity contribution in [3.05, 3.63) is 57.5 Å². The Labute approximate surface area is 153 Å². The third-order valence-corrected chi connectivity index (χ3v) is 4.31. The molecule has 2 rings (SSSR count). The number of rotatable bonds is 6. The van der Waals surface area contributed by atoms with E-state index in [9.17, 15) is 9.59 Å². The molecule has 0 bridgehead atoms. The molecule has 126 valence electrons. The molecule has 24 heavy (non-hydrogen) atoms. The summed E-state index contributed by atoms with van der Waals surface area (Å²) in [5, 5.41) is 3.08. The molecule has 0 aromatic heterocycles. The lowest BCUT2D eigenvalue weighted by atomic mass is 10.1. The van der Waals surface area contributed by atoms with Gasteiger partial charge in [-0.1, -0.05) is 23.7 Å². The second kappa shape index (κ2) is 8.70. The van der Waals surface area contributed by atoms with Crippen LogP contribution < -0.4 is 10.1 Å². The van der Waals surface area contributed by atoms with Crippen LogP contribution in [-0.2, 0) is 20.7 Å². The molecule has 0 atom stereocenters. The fourth-order valence-corrected chi connectivity index (χ4v) is 2.31. The van der Waals surface area contributed by atoms with Crippen molar-refractivity contribution in [3.63, 3.8) is 0 Å². The minimum atomic E-state index is -0.482. The summed E-state index contributed by atoms with van der Waals surface area (Å²) in [6.45, 7) is -0.358. The summed E-state index contributed by atoms with van der Waals surface area (Å²) in [6, 6.07) is 12.1. The molecule has 0 spiro atoms. The van der Waals surface area contributed by atoms with Crippen LogP contribution in [0.3, 0.4) is 0 Å². The van der Waals surface area contributed by atoms with Crippen LogP contribution in [0.5, 0.6) is 5.75 Å². The van der Waals surface area contributed by atoms with Crippen molar-refractivity contribution in [3.8, 4) is 5.75 Å². The lowest BCUT2D eigenvalue weighted by Gasteiger charge is -2.08. The molecule has 0 aliphatic rings. The lowest BCUT2D eigenvalue weighted by Crippen LogP contribution is -2.21. The Morgan fingerprint density at radius 3 is 2.50 bits per heavy atom. The predicted molar refractivity (Wildman–Crippen MR) is 95.4 cm³/mol. The highest BCUT2D eigenvalue weighted by Crippen LogP contribution is 2.25.